The van der Waals surface area contributed by atoms with E-state index in [-0.39, 0.29) is 19.6 Å². The fourth-order valence-electron chi connectivity index (χ4n) is 2.70. The number of esters is 1. The highest BCUT2D eigenvalue weighted by atomic mass is 35.5. The van der Waals surface area contributed by atoms with E-state index < -0.39 is 23.7 Å². The van der Waals surface area contributed by atoms with Crippen molar-refractivity contribution in [1.82, 2.24) is 5.32 Å². The van der Waals surface area contributed by atoms with E-state index in [0.29, 0.717) is 16.5 Å². The van der Waals surface area contributed by atoms with Crippen LogP contribution in [0.3, 0.4) is 0 Å². The van der Waals surface area contributed by atoms with E-state index >= 15 is 0 Å². The average molecular weight is 449 g/mol. The third-order valence-corrected chi connectivity index (χ3v) is 4.26. The molecular weight excluding hydrogens is 420 g/mol. The lowest BCUT2D eigenvalue weighted by Crippen LogP contribution is -2.34. The van der Waals surface area contributed by atoms with E-state index in [0.717, 1.165) is 11.1 Å². The summed E-state index contributed by atoms with van der Waals surface area (Å²) < 4.78 is 16.2. The van der Waals surface area contributed by atoms with E-state index in [9.17, 15) is 9.59 Å². The van der Waals surface area contributed by atoms with Crippen LogP contribution in [0.5, 0.6) is 11.5 Å². The Morgan fingerprint density at radius 2 is 1.90 bits per heavy atom. The van der Waals surface area contributed by atoms with Crippen molar-refractivity contribution in [2.45, 2.75) is 52.3 Å². The van der Waals surface area contributed by atoms with Crippen LogP contribution >= 0.6 is 11.6 Å². The summed E-state index contributed by atoms with van der Waals surface area (Å²) in [6.45, 7) is 7.68. The van der Waals surface area contributed by atoms with E-state index in [1.54, 1.807) is 58.0 Å². The molecule has 0 radical (unpaired) electrons. The molecule has 2 aromatic rings. The summed E-state index contributed by atoms with van der Waals surface area (Å²) in [7, 11) is 0. The molecular formula is C23H29ClN2O5. The number of benzene rings is 2. The molecule has 31 heavy (non-hydrogen) atoms. The SMILES string of the molecule is CCOC(=O)C(N)Cc1ccc(Cl)cc1Oc1cccc(CNC(=O)OC(C)(C)C)c1. The van der Waals surface area contributed by atoms with E-state index in [1.807, 2.05) is 12.1 Å². The zero-order valence-corrected chi connectivity index (χ0v) is 19.0. The normalized spacial score (nSPS) is 12.1. The summed E-state index contributed by atoms with van der Waals surface area (Å²) in [5.74, 6) is 0.569. The van der Waals surface area contributed by atoms with Crippen LogP contribution < -0.4 is 15.8 Å². The van der Waals surface area contributed by atoms with Gasteiger partial charge in [0.2, 0.25) is 0 Å². The lowest BCUT2D eigenvalue weighted by atomic mass is 10.1. The van der Waals surface area contributed by atoms with Gasteiger partial charge in [-0.2, -0.15) is 0 Å². The zero-order valence-electron chi connectivity index (χ0n) is 18.2. The van der Waals surface area contributed by atoms with Crippen molar-refractivity contribution in [1.29, 1.82) is 0 Å². The fourth-order valence-corrected chi connectivity index (χ4v) is 2.86. The van der Waals surface area contributed by atoms with Crippen LogP contribution in [-0.2, 0) is 27.2 Å². The molecule has 3 N–H and O–H groups in total. The van der Waals surface area contributed by atoms with Gasteiger partial charge in [-0.1, -0.05) is 29.8 Å². The summed E-state index contributed by atoms with van der Waals surface area (Å²) in [6.07, 6.45) is -0.255. The molecule has 0 aliphatic carbocycles. The Morgan fingerprint density at radius 1 is 1.16 bits per heavy atom. The van der Waals surface area contributed by atoms with Gasteiger partial charge in [-0.25, -0.2) is 4.79 Å². The molecule has 1 atom stereocenters. The highest BCUT2D eigenvalue weighted by Crippen LogP contribution is 2.30. The van der Waals surface area contributed by atoms with Crippen molar-refractivity contribution in [2.75, 3.05) is 6.61 Å². The van der Waals surface area contributed by atoms with E-state index in [1.165, 1.54) is 0 Å². The third-order valence-electron chi connectivity index (χ3n) is 4.02. The standard InChI is InChI=1S/C23H29ClN2O5/c1-5-29-21(27)19(25)12-16-9-10-17(24)13-20(16)30-18-8-6-7-15(11-18)14-26-22(28)31-23(2,3)4/h6-11,13,19H,5,12,14,25H2,1-4H3,(H,26,28). The lowest BCUT2D eigenvalue weighted by Gasteiger charge is -2.19. The Labute approximate surface area is 187 Å². The molecule has 0 spiro atoms. The molecule has 1 amide bonds. The van der Waals surface area contributed by atoms with Gasteiger partial charge in [0.05, 0.1) is 6.61 Å². The first-order chi connectivity index (χ1) is 14.6. The van der Waals surface area contributed by atoms with Crippen molar-refractivity contribution < 1.29 is 23.8 Å². The van der Waals surface area contributed by atoms with Gasteiger partial charge in [-0.3, -0.25) is 4.79 Å². The number of hydrogen-bond acceptors (Lipinski definition) is 6. The smallest absolute Gasteiger partial charge is 0.407 e. The molecule has 0 saturated carbocycles. The van der Waals surface area contributed by atoms with Crippen LogP contribution in [0.25, 0.3) is 0 Å². The molecule has 8 heteroatoms. The second-order valence-corrected chi connectivity index (χ2v) is 8.36. The first kappa shape index (κ1) is 24.5. The van der Waals surface area contributed by atoms with Gasteiger partial charge in [0.15, 0.2) is 0 Å². The molecule has 168 valence electrons. The first-order valence-corrected chi connectivity index (χ1v) is 10.4. The summed E-state index contributed by atoms with van der Waals surface area (Å²) in [5.41, 5.74) is 6.94. The van der Waals surface area contributed by atoms with Crippen molar-refractivity contribution >= 4 is 23.7 Å². The number of ether oxygens (including phenoxy) is 3. The van der Waals surface area contributed by atoms with E-state index in [4.69, 9.17) is 31.5 Å². The quantitative estimate of drug-likeness (QED) is 0.573. The molecule has 0 aliphatic rings. The minimum absolute atomic E-state index is 0.241. The highest BCUT2D eigenvalue weighted by Gasteiger charge is 2.19. The molecule has 0 heterocycles. The van der Waals surface area contributed by atoms with Gasteiger partial charge < -0.3 is 25.3 Å². The molecule has 0 saturated heterocycles. The average Bonchev–Trinajstić information content (AvgIpc) is 2.67. The number of hydrogen-bond donors (Lipinski definition) is 2. The van der Waals surface area contributed by atoms with Gasteiger partial charge in [0.25, 0.3) is 0 Å². The number of rotatable bonds is 8. The van der Waals surface area contributed by atoms with Crippen LogP contribution in [0.1, 0.15) is 38.8 Å². The molecule has 0 fully saturated rings. The Kier molecular flexibility index (Phi) is 8.71. The monoisotopic (exact) mass is 448 g/mol. The molecule has 7 nitrogen and oxygen atoms in total. The Morgan fingerprint density at radius 3 is 2.58 bits per heavy atom. The number of carbonyl (C=O) groups excluding carboxylic acids is 2. The van der Waals surface area contributed by atoms with Gasteiger partial charge in [-0.15, -0.1) is 0 Å². The van der Waals surface area contributed by atoms with Crippen LogP contribution in [0, 0.1) is 0 Å². The van der Waals surface area contributed by atoms with Gasteiger partial charge in [-0.05, 0) is 63.1 Å². The summed E-state index contributed by atoms with van der Waals surface area (Å²) in [4.78, 5) is 23.7. The minimum atomic E-state index is -0.812. The molecule has 1 unspecified atom stereocenters. The van der Waals surface area contributed by atoms with Crippen LogP contribution in [0.4, 0.5) is 4.79 Å². The summed E-state index contributed by atoms with van der Waals surface area (Å²) >= 11 is 6.14. The van der Waals surface area contributed by atoms with Crippen molar-refractivity contribution in [3.8, 4) is 11.5 Å². The van der Waals surface area contributed by atoms with Crippen molar-refractivity contribution in [3.63, 3.8) is 0 Å². The Balaban J connectivity index is 2.10. The third kappa shape index (κ3) is 8.47. The lowest BCUT2D eigenvalue weighted by molar-refractivity contribution is -0.144. The maximum absolute atomic E-state index is 11.9. The maximum atomic E-state index is 11.9. The number of nitrogens with one attached hydrogen (secondary N) is 1. The fraction of sp³-hybridized carbons (Fsp3) is 0.391. The van der Waals surface area contributed by atoms with Crippen molar-refractivity contribution in [2.24, 2.45) is 5.73 Å². The van der Waals surface area contributed by atoms with E-state index in [2.05, 4.69) is 5.32 Å². The summed E-state index contributed by atoms with van der Waals surface area (Å²) in [5, 5.41) is 3.20. The summed E-state index contributed by atoms with van der Waals surface area (Å²) in [6, 6.07) is 11.6. The predicted molar refractivity (Wildman–Crippen MR) is 119 cm³/mol. The zero-order chi connectivity index (χ0) is 23.0. The van der Waals surface area contributed by atoms with Gasteiger partial charge in [0, 0.05) is 18.0 Å². The van der Waals surface area contributed by atoms with Crippen molar-refractivity contribution in [3.05, 3.63) is 58.6 Å². The number of carbonyl (C=O) groups is 2. The topological polar surface area (TPSA) is 99.9 Å². The second-order valence-electron chi connectivity index (χ2n) is 7.92. The van der Waals surface area contributed by atoms with Crippen LogP contribution in [0.15, 0.2) is 42.5 Å². The Bertz CT molecular complexity index is 911. The molecule has 2 rings (SSSR count). The number of alkyl carbamates (subject to hydrolysis) is 1. The number of nitrogens with two attached hydrogens (primary N) is 1. The molecule has 0 aliphatic heterocycles. The minimum Gasteiger partial charge on any atom is -0.465 e. The van der Waals surface area contributed by atoms with Gasteiger partial charge >= 0.3 is 12.1 Å². The molecule has 2 aromatic carbocycles. The second kappa shape index (κ2) is 11.0. The molecule has 0 bridgehead atoms. The largest absolute Gasteiger partial charge is 0.465 e. The maximum Gasteiger partial charge on any atom is 0.407 e. The molecule has 0 aromatic heterocycles. The van der Waals surface area contributed by atoms with Crippen LogP contribution in [0.2, 0.25) is 5.02 Å². The Hall–Kier alpha value is -2.77. The van der Waals surface area contributed by atoms with Gasteiger partial charge in [0.1, 0.15) is 23.1 Å². The number of halogens is 1. The predicted octanol–water partition coefficient (Wildman–Crippen LogP) is 4.59. The number of amides is 1. The highest BCUT2D eigenvalue weighted by molar-refractivity contribution is 6.30. The van der Waals surface area contributed by atoms with Crippen LogP contribution in [-0.4, -0.2) is 30.3 Å². The first-order valence-electron chi connectivity index (χ1n) is 10.0.